The lowest BCUT2D eigenvalue weighted by Crippen LogP contribution is -1.82. The van der Waals surface area contributed by atoms with E-state index in [1.807, 2.05) is 24.3 Å². The van der Waals surface area contributed by atoms with Gasteiger partial charge in [0.1, 0.15) is 11.2 Å². The summed E-state index contributed by atoms with van der Waals surface area (Å²) in [6, 6.07) is 11.2. The molecule has 2 aromatic carbocycles. The lowest BCUT2D eigenvalue weighted by Gasteiger charge is -2.05. The normalized spacial score (nSPS) is 10.6. The SMILES string of the molecule is C#Cc1[nH]nc2c(-c3ccc(Cl)cc3Cl)cccc12. The molecule has 0 fully saturated rings. The van der Waals surface area contributed by atoms with Gasteiger partial charge in [-0.15, -0.1) is 6.42 Å². The fourth-order valence-electron chi connectivity index (χ4n) is 2.07. The number of terminal acetylenes is 1. The predicted octanol–water partition coefficient (Wildman–Crippen LogP) is 4.52. The van der Waals surface area contributed by atoms with Crippen molar-refractivity contribution in [2.24, 2.45) is 0 Å². The zero-order valence-corrected chi connectivity index (χ0v) is 11.3. The maximum Gasteiger partial charge on any atom is 0.115 e. The molecule has 3 aromatic rings. The van der Waals surface area contributed by atoms with Gasteiger partial charge in [0.15, 0.2) is 0 Å². The van der Waals surface area contributed by atoms with Gasteiger partial charge in [0.05, 0.1) is 0 Å². The molecule has 0 saturated carbocycles. The van der Waals surface area contributed by atoms with Crippen molar-refractivity contribution in [1.29, 1.82) is 0 Å². The molecular formula is C15H8Cl2N2. The first kappa shape index (κ1) is 12.1. The first-order chi connectivity index (χ1) is 9.20. The number of para-hydroxylation sites is 1. The van der Waals surface area contributed by atoms with Gasteiger partial charge >= 0.3 is 0 Å². The summed E-state index contributed by atoms with van der Waals surface area (Å²) < 4.78 is 0. The molecule has 19 heavy (non-hydrogen) atoms. The fourth-order valence-corrected chi connectivity index (χ4v) is 2.58. The molecule has 0 amide bonds. The van der Waals surface area contributed by atoms with Crippen molar-refractivity contribution in [3.63, 3.8) is 0 Å². The molecule has 1 N–H and O–H groups in total. The minimum atomic E-state index is 0.588. The van der Waals surface area contributed by atoms with E-state index in [0.29, 0.717) is 15.7 Å². The summed E-state index contributed by atoms with van der Waals surface area (Å²) in [5.41, 5.74) is 3.28. The topological polar surface area (TPSA) is 28.7 Å². The van der Waals surface area contributed by atoms with Gasteiger partial charge in [-0.05, 0) is 18.2 Å². The Balaban J connectivity index is 2.31. The van der Waals surface area contributed by atoms with E-state index < -0.39 is 0 Å². The summed E-state index contributed by atoms with van der Waals surface area (Å²) >= 11 is 12.2. The van der Waals surface area contributed by atoms with Crippen LogP contribution in [0.15, 0.2) is 36.4 Å². The van der Waals surface area contributed by atoms with Crippen LogP contribution in [0.25, 0.3) is 22.0 Å². The van der Waals surface area contributed by atoms with Gasteiger partial charge in [0, 0.05) is 26.6 Å². The molecule has 1 heterocycles. The van der Waals surface area contributed by atoms with Crippen LogP contribution < -0.4 is 0 Å². The highest BCUT2D eigenvalue weighted by atomic mass is 35.5. The van der Waals surface area contributed by atoms with Crippen molar-refractivity contribution in [1.82, 2.24) is 10.2 Å². The first-order valence-corrected chi connectivity index (χ1v) is 6.35. The minimum Gasteiger partial charge on any atom is -0.269 e. The van der Waals surface area contributed by atoms with E-state index in [2.05, 4.69) is 16.1 Å². The van der Waals surface area contributed by atoms with Crippen LogP contribution >= 0.6 is 23.2 Å². The summed E-state index contributed by atoms with van der Waals surface area (Å²) in [6.07, 6.45) is 5.43. The zero-order chi connectivity index (χ0) is 13.4. The number of aromatic amines is 1. The third-order valence-corrected chi connectivity index (χ3v) is 3.50. The van der Waals surface area contributed by atoms with Crippen molar-refractivity contribution in [2.45, 2.75) is 0 Å². The fraction of sp³-hybridized carbons (Fsp3) is 0. The lowest BCUT2D eigenvalue weighted by atomic mass is 10.0. The molecule has 0 radical (unpaired) electrons. The van der Waals surface area contributed by atoms with Crippen molar-refractivity contribution in [2.75, 3.05) is 0 Å². The van der Waals surface area contributed by atoms with Crippen LogP contribution in [-0.4, -0.2) is 10.2 Å². The van der Waals surface area contributed by atoms with Crippen LogP contribution in [-0.2, 0) is 0 Å². The molecule has 0 saturated heterocycles. The Kier molecular flexibility index (Phi) is 2.94. The van der Waals surface area contributed by atoms with Crippen LogP contribution in [0.5, 0.6) is 0 Å². The summed E-state index contributed by atoms with van der Waals surface area (Å²) in [7, 11) is 0. The standard InChI is InChI=1S/C15H8Cl2N2/c1-2-14-12-5-3-4-11(15(12)19-18-14)10-7-6-9(16)8-13(10)17/h1,3-8H,(H,18,19). The molecule has 0 aliphatic heterocycles. The number of fused-ring (bicyclic) bond motifs is 1. The summed E-state index contributed by atoms with van der Waals surface area (Å²) in [5.74, 6) is 2.58. The Labute approximate surface area is 120 Å². The van der Waals surface area contributed by atoms with Gasteiger partial charge < -0.3 is 0 Å². The second kappa shape index (κ2) is 4.62. The van der Waals surface area contributed by atoms with Crippen LogP contribution in [0.3, 0.4) is 0 Å². The third kappa shape index (κ3) is 1.98. The Morgan fingerprint density at radius 1 is 1.11 bits per heavy atom. The average Bonchev–Trinajstić information content (AvgIpc) is 2.82. The molecule has 0 atom stereocenters. The lowest BCUT2D eigenvalue weighted by molar-refractivity contribution is 1.10. The highest BCUT2D eigenvalue weighted by molar-refractivity contribution is 6.36. The van der Waals surface area contributed by atoms with Gasteiger partial charge in [0.25, 0.3) is 0 Å². The maximum absolute atomic E-state index is 6.24. The highest BCUT2D eigenvalue weighted by Gasteiger charge is 2.12. The Bertz CT molecular complexity index is 813. The second-order valence-corrected chi connectivity index (χ2v) is 4.91. The molecule has 0 aliphatic rings. The average molecular weight is 287 g/mol. The molecule has 92 valence electrons. The summed E-state index contributed by atoms with van der Waals surface area (Å²) in [6.45, 7) is 0. The summed E-state index contributed by atoms with van der Waals surface area (Å²) in [5, 5.41) is 9.22. The molecule has 1 aromatic heterocycles. The molecule has 0 unspecified atom stereocenters. The second-order valence-electron chi connectivity index (χ2n) is 4.07. The Morgan fingerprint density at radius 2 is 1.95 bits per heavy atom. The minimum absolute atomic E-state index is 0.588. The predicted molar refractivity (Wildman–Crippen MR) is 79.5 cm³/mol. The zero-order valence-electron chi connectivity index (χ0n) is 9.74. The van der Waals surface area contributed by atoms with Gasteiger partial charge in [0.2, 0.25) is 0 Å². The smallest absolute Gasteiger partial charge is 0.115 e. The largest absolute Gasteiger partial charge is 0.269 e. The van der Waals surface area contributed by atoms with E-state index in [9.17, 15) is 0 Å². The highest BCUT2D eigenvalue weighted by Crippen LogP contribution is 2.34. The van der Waals surface area contributed by atoms with Crippen molar-refractivity contribution in [3.05, 3.63) is 52.1 Å². The number of hydrogen-bond donors (Lipinski definition) is 1. The Hall–Kier alpha value is -1.95. The molecule has 4 heteroatoms. The molecule has 0 aliphatic carbocycles. The quantitative estimate of drug-likeness (QED) is 0.655. The van der Waals surface area contributed by atoms with E-state index in [1.54, 1.807) is 12.1 Å². The number of halogens is 2. The molecular weight excluding hydrogens is 279 g/mol. The number of H-pyrrole nitrogens is 1. The number of aromatic nitrogens is 2. The van der Waals surface area contributed by atoms with E-state index in [1.165, 1.54) is 0 Å². The van der Waals surface area contributed by atoms with Gasteiger partial charge in [-0.2, -0.15) is 5.10 Å². The van der Waals surface area contributed by atoms with E-state index in [0.717, 1.165) is 22.0 Å². The summed E-state index contributed by atoms with van der Waals surface area (Å²) in [4.78, 5) is 0. The number of nitrogens with one attached hydrogen (secondary N) is 1. The Morgan fingerprint density at radius 3 is 2.68 bits per heavy atom. The third-order valence-electron chi connectivity index (χ3n) is 2.95. The molecule has 0 bridgehead atoms. The van der Waals surface area contributed by atoms with E-state index >= 15 is 0 Å². The molecule has 2 nitrogen and oxygen atoms in total. The van der Waals surface area contributed by atoms with Crippen LogP contribution in [0, 0.1) is 12.3 Å². The van der Waals surface area contributed by atoms with Gasteiger partial charge in [-0.3, -0.25) is 5.10 Å². The maximum atomic E-state index is 6.24. The van der Waals surface area contributed by atoms with Gasteiger partial charge in [-0.25, -0.2) is 0 Å². The van der Waals surface area contributed by atoms with Crippen molar-refractivity contribution >= 4 is 34.1 Å². The van der Waals surface area contributed by atoms with E-state index in [-0.39, 0.29) is 0 Å². The number of hydrogen-bond acceptors (Lipinski definition) is 1. The molecule has 3 rings (SSSR count). The van der Waals surface area contributed by atoms with E-state index in [4.69, 9.17) is 29.6 Å². The van der Waals surface area contributed by atoms with Crippen molar-refractivity contribution < 1.29 is 0 Å². The number of benzene rings is 2. The van der Waals surface area contributed by atoms with Crippen molar-refractivity contribution in [3.8, 4) is 23.5 Å². The van der Waals surface area contributed by atoms with Crippen LogP contribution in [0.1, 0.15) is 5.69 Å². The number of nitrogens with zero attached hydrogens (tertiary/aromatic N) is 1. The van der Waals surface area contributed by atoms with Crippen LogP contribution in [0.4, 0.5) is 0 Å². The monoisotopic (exact) mass is 286 g/mol. The van der Waals surface area contributed by atoms with Crippen LogP contribution in [0.2, 0.25) is 10.0 Å². The number of rotatable bonds is 1. The molecule has 0 spiro atoms. The van der Waals surface area contributed by atoms with Gasteiger partial charge in [-0.1, -0.05) is 47.3 Å². The first-order valence-electron chi connectivity index (χ1n) is 5.60.